The highest BCUT2D eigenvalue weighted by molar-refractivity contribution is 6.04. The van der Waals surface area contributed by atoms with E-state index < -0.39 is 5.91 Å². The number of benzene rings is 2. The van der Waals surface area contributed by atoms with Crippen LogP contribution in [-0.4, -0.2) is 32.5 Å². The maximum absolute atomic E-state index is 12.2. The van der Waals surface area contributed by atoms with Crippen molar-refractivity contribution in [1.29, 1.82) is 0 Å². The maximum atomic E-state index is 12.2. The van der Waals surface area contributed by atoms with Gasteiger partial charge in [-0.05, 0) is 48.5 Å². The van der Waals surface area contributed by atoms with Crippen molar-refractivity contribution < 1.29 is 14.3 Å². The Morgan fingerprint density at radius 1 is 1.04 bits per heavy atom. The molecule has 3 N–H and O–H groups in total. The van der Waals surface area contributed by atoms with Crippen molar-refractivity contribution in [3.8, 4) is 5.75 Å². The molecular weight excluding hydrogens is 294 g/mol. The molecule has 2 rings (SSSR count). The fourth-order valence-corrected chi connectivity index (χ4v) is 1.90. The number of primary amides is 1. The number of carbonyl (C=O) groups excluding carboxylic acids is 2. The molecule has 0 aromatic heterocycles. The summed E-state index contributed by atoms with van der Waals surface area (Å²) in [6, 6.07) is 14.0. The summed E-state index contributed by atoms with van der Waals surface area (Å²) in [6.07, 6.45) is 0. The van der Waals surface area contributed by atoms with Gasteiger partial charge in [-0.3, -0.25) is 9.59 Å². The van der Waals surface area contributed by atoms with Crippen molar-refractivity contribution in [2.45, 2.75) is 0 Å². The van der Waals surface area contributed by atoms with E-state index in [-0.39, 0.29) is 12.5 Å². The maximum Gasteiger partial charge on any atom is 0.255 e. The van der Waals surface area contributed by atoms with Gasteiger partial charge in [0, 0.05) is 31.0 Å². The molecule has 23 heavy (non-hydrogen) atoms. The molecule has 0 aliphatic heterocycles. The molecule has 0 spiro atoms. The number of amides is 2. The molecule has 0 radical (unpaired) electrons. The average molecular weight is 313 g/mol. The SMILES string of the molecule is CN(C)c1ccc(C(=O)Nc2ccc(OCC(N)=O)cc2)cc1. The Kier molecular flexibility index (Phi) is 5.19. The Balaban J connectivity index is 1.98. The van der Waals surface area contributed by atoms with E-state index in [0.717, 1.165) is 5.69 Å². The molecule has 120 valence electrons. The molecule has 6 heteroatoms. The summed E-state index contributed by atoms with van der Waals surface area (Å²) < 4.78 is 5.16. The Labute approximate surface area is 134 Å². The molecule has 0 saturated carbocycles. The number of nitrogens with two attached hydrogens (primary N) is 1. The predicted molar refractivity (Wildman–Crippen MR) is 89.9 cm³/mol. The zero-order valence-electron chi connectivity index (χ0n) is 13.1. The second-order valence-electron chi connectivity index (χ2n) is 5.17. The van der Waals surface area contributed by atoms with Crippen LogP contribution in [-0.2, 0) is 4.79 Å². The number of ether oxygens (including phenoxy) is 1. The number of carbonyl (C=O) groups is 2. The van der Waals surface area contributed by atoms with Crippen LogP contribution in [0.15, 0.2) is 48.5 Å². The summed E-state index contributed by atoms with van der Waals surface area (Å²) in [5.41, 5.74) is 7.24. The first-order valence-corrected chi connectivity index (χ1v) is 7.05. The lowest BCUT2D eigenvalue weighted by Gasteiger charge is -2.12. The molecule has 0 bridgehead atoms. The standard InChI is InChI=1S/C17H19N3O3/c1-20(2)14-7-3-12(4-8-14)17(22)19-13-5-9-15(10-6-13)23-11-16(18)21/h3-10H,11H2,1-2H3,(H2,18,21)(H,19,22). The second-order valence-corrected chi connectivity index (χ2v) is 5.17. The van der Waals surface area contributed by atoms with E-state index in [1.807, 2.05) is 31.1 Å². The van der Waals surface area contributed by atoms with E-state index in [4.69, 9.17) is 10.5 Å². The third-order valence-corrected chi connectivity index (χ3v) is 3.14. The van der Waals surface area contributed by atoms with Gasteiger partial charge in [0.1, 0.15) is 5.75 Å². The molecule has 0 aliphatic rings. The van der Waals surface area contributed by atoms with Gasteiger partial charge in [0.2, 0.25) is 0 Å². The summed E-state index contributed by atoms with van der Waals surface area (Å²) in [5.74, 6) is -0.221. The predicted octanol–water partition coefficient (Wildman–Crippen LogP) is 1.87. The molecule has 2 aromatic carbocycles. The minimum absolute atomic E-state index is 0.177. The minimum Gasteiger partial charge on any atom is -0.484 e. The van der Waals surface area contributed by atoms with E-state index in [1.54, 1.807) is 36.4 Å². The molecule has 2 aromatic rings. The van der Waals surface area contributed by atoms with E-state index in [2.05, 4.69) is 5.32 Å². The summed E-state index contributed by atoms with van der Waals surface area (Å²) in [6.45, 7) is -0.177. The third-order valence-electron chi connectivity index (χ3n) is 3.14. The van der Waals surface area contributed by atoms with Gasteiger partial charge in [-0.15, -0.1) is 0 Å². The monoisotopic (exact) mass is 313 g/mol. The summed E-state index contributed by atoms with van der Waals surface area (Å²) >= 11 is 0. The topological polar surface area (TPSA) is 84.7 Å². The molecule has 0 fully saturated rings. The molecule has 2 amide bonds. The molecule has 0 unspecified atom stereocenters. The van der Waals surface area contributed by atoms with Gasteiger partial charge in [0.25, 0.3) is 11.8 Å². The van der Waals surface area contributed by atoms with Gasteiger partial charge in [-0.1, -0.05) is 0 Å². The zero-order valence-corrected chi connectivity index (χ0v) is 13.1. The Bertz CT molecular complexity index is 679. The fraction of sp³-hybridized carbons (Fsp3) is 0.176. The van der Waals surface area contributed by atoms with Crippen LogP contribution >= 0.6 is 0 Å². The molecule has 6 nitrogen and oxygen atoms in total. The molecule has 0 saturated heterocycles. The molecule has 0 atom stereocenters. The number of nitrogens with zero attached hydrogens (tertiary/aromatic N) is 1. The number of anilines is 2. The van der Waals surface area contributed by atoms with Gasteiger partial charge in [0.05, 0.1) is 0 Å². The van der Waals surface area contributed by atoms with Crippen molar-refractivity contribution in [3.05, 3.63) is 54.1 Å². The summed E-state index contributed by atoms with van der Waals surface area (Å²) in [7, 11) is 3.88. The van der Waals surface area contributed by atoms with E-state index in [1.165, 1.54) is 0 Å². The summed E-state index contributed by atoms with van der Waals surface area (Å²) in [4.78, 5) is 24.8. The smallest absolute Gasteiger partial charge is 0.255 e. The second kappa shape index (κ2) is 7.31. The lowest BCUT2D eigenvalue weighted by molar-refractivity contribution is -0.119. The minimum atomic E-state index is -0.538. The third kappa shape index (κ3) is 4.74. The van der Waals surface area contributed by atoms with Gasteiger partial charge in [-0.2, -0.15) is 0 Å². The Morgan fingerprint density at radius 3 is 2.17 bits per heavy atom. The van der Waals surface area contributed by atoms with Crippen LogP contribution in [0.5, 0.6) is 5.75 Å². The van der Waals surface area contributed by atoms with Gasteiger partial charge in [-0.25, -0.2) is 0 Å². The highest BCUT2D eigenvalue weighted by Gasteiger charge is 2.07. The van der Waals surface area contributed by atoms with Crippen LogP contribution < -0.4 is 20.7 Å². The molecular formula is C17H19N3O3. The first-order chi connectivity index (χ1) is 11.0. The van der Waals surface area contributed by atoms with Gasteiger partial charge >= 0.3 is 0 Å². The fourth-order valence-electron chi connectivity index (χ4n) is 1.90. The number of rotatable bonds is 6. The Hall–Kier alpha value is -3.02. The van der Waals surface area contributed by atoms with Crippen LogP contribution in [0.1, 0.15) is 10.4 Å². The number of nitrogens with one attached hydrogen (secondary N) is 1. The highest BCUT2D eigenvalue weighted by Crippen LogP contribution is 2.17. The van der Waals surface area contributed by atoms with Crippen LogP contribution in [0.25, 0.3) is 0 Å². The normalized spacial score (nSPS) is 10.0. The lowest BCUT2D eigenvalue weighted by Crippen LogP contribution is -2.20. The van der Waals surface area contributed by atoms with Crippen molar-refractivity contribution in [2.75, 3.05) is 30.9 Å². The largest absolute Gasteiger partial charge is 0.484 e. The van der Waals surface area contributed by atoms with Crippen LogP contribution in [0.2, 0.25) is 0 Å². The highest BCUT2D eigenvalue weighted by atomic mass is 16.5. The van der Waals surface area contributed by atoms with Crippen molar-refractivity contribution in [2.24, 2.45) is 5.73 Å². The van der Waals surface area contributed by atoms with Crippen molar-refractivity contribution in [3.63, 3.8) is 0 Å². The number of hydrogen-bond acceptors (Lipinski definition) is 4. The first-order valence-electron chi connectivity index (χ1n) is 7.05. The van der Waals surface area contributed by atoms with Crippen LogP contribution in [0.3, 0.4) is 0 Å². The summed E-state index contributed by atoms with van der Waals surface area (Å²) in [5, 5.41) is 2.80. The van der Waals surface area contributed by atoms with E-state index in [0.29, 0.717) is 17.0 Å². The van der Waals surface area contributed by atoms with Crippen LogP contribution in [0.4, 0.5) is 11.4 Å². The van der Waals surface area contributed by atoms with Crippen molar-refractivity contribution >= 4 is 23.2 Å². The van der Waals surface area contributed by atoms with Crippen molar-refractivity contribution in [1.82, 2.24) is 0 Å². The average Bonchev–Trinajstić information content (AvgIpc) is 2.54. The van der Waals surface area contributed by atoms with E-state index in [9.17, 15) is 9.59 Å². The van der Waals surface area contributed by atoms with E-state index >= 15 is 0 Å². The van der Waals surface area contributed by atoms with Gasteiger partial charge in [0.15, 0.2) is 6.61 Å². The quantitative estimate of drug-likeness (QED) is 0.852. The Morgan fingerprint density at radius 2 is 1.65 bits per heavy atom. The lowest BCUT2D eigenvalue weighted by atomic mass is 10.2. The zero-order chi connectivity index (χ0) is 16.8. The molecule has 0 heterocycles. The van der Waals surface area contributed by atoms with Crippen LogP contribution in [0, 0.1) is 0 Å². The molecule has 0 aliphatic carbocycles. The number of hydrogen-bond donors (Lipinski definition) is 2. The van der Waals surface area contributed by atoms with Gasteiger partial charge < -0.3 is 20.7 Å². The first kappa shape index (κ1) is 16.4.